The minimum absolute atomic E-state index is 0.0588. The predicted molar refractivity (Wildman–Crippen MR) is 95.5 cm³/mol. The Hall–Kier alpha value is -1.56. The summed E-state index contributed by atoms with van der Waals surface area (Å²) in [7, 11) is 0. The van der Waals surface area contributed by atoms with Gasteiger partial charge >= 0.3 is 0 Å². The Morgan fingerprint density at radius 3 is 2.54 bits per heavy atom. The van der Waals surface area contributed by atoms with Crippen molar-refractivity contribution in [3.8, 4) is 0 Å². The largest absolute Gasteiger partial charge is 0.335 e. The number of aromatic nitrogens is 2. The highest BCUT2D eigenvalue weighted by Crippen LogP contribution is 2.23. The van der Waals surface area contributed by atoms with Crippen LogP contribution in [0.3, 0.4) is 0 Å². The van der Waals surface area contributed by atoms with Crippen molar-refractivity contribution in [2.24, 2.45) is 0 Å². The summed E-state index contributed by atoms with van der Waals surface area (Å²) in [5.74, 6) is 0.0588. The Labute approximate surface area is 151 Å². The van der Waals surface area contributed by atoms with Crippen LogP contribution in [0.25, 0.3) is 0 Å². The molecule has 0 saturated carbocycles. The molecule has 3 rings (SSSR count). The van der Waals surface area contributed by atoms with E-state index in [0.29, 0.717) is 22.3 Å². The molecule has 1 aliphatic heterocycles. The quantitative estimate of drug-likeness (QED) is 0.834. The number of piperazine rings is 1. The smallest absolute Gasteiger partial charge is 0.272 e. The van der Waals surface area contributed by atoms with Crippen LogP contribution in [0.5, 0.6) is 0 Å². The van der Waals surface area contributed by atoms with Gasteiger partial charge in [0.25, 0.3) is 5.91 Å². The van der Waals surface area contributed by atoms with E-state index in [9.17, 15) is 4.79 Å². The molecular weight excluding hydrogens is 347 g/mol. The number of aryl methyl sites for hydroxylation is 1. The van der Waals surface area contributed by atoms with Gasteiger partial charge in [-0.15, -0.1) is 0 Å². The number of carbonyl (C=O) groups is 1. The molecule has 1 saturated heterocycles. The average molecular weight is 367 g/mol. The summed E-state index contributed by atoms with van der Waals surface area (Å²) in [6.07, 6.45) is 1.68. The highest BCUT2D eigenvalue weighted by Gasteiger charge is 2.24. The van der Waals surface area contributed by atoms with Crippen LogP contribution in [-0.2, 0) is 13.1 Å². The number of benzene rings is 1. The van der Waals surface area contributed by atoms with Gasteiger partial charge in [0.15, 0.2) is 0 Å². The second-order valence-electron chi connectivity index (χ2n) is 5.85. The van der Waals surface area contributed by atoms with E-state index in [4.69, 9.17) is 23.2 Å². The summed E-state index contributed by atoms with van der Waals surface area (Å²) in [4.78, 5) is 16.8. The molecule has 1 amide bonds. The highest BCUT2D eigenvalue weighted by molar-refractivity contribution is 6.42. The first-order valence-electron chi connectivity index (χ1n) is 8.06. The molecule has 0 radical (unpaired) electrons. The predicted octanol–water partition coefficient (Wildman–Crippen LogP) is 3.17. The second-order valence-corrected chi connectivity index (χ2v) is 6.66. The lowest BCUT2D eigenvalue weighted by atomic mass is 10.2. The maximum atomic E-state index is 12.6. The summed E-state index contributed by atoms with van der Waals surface area (Å²) in [6.45, 7) is 6.61. The van der Waals surface area contributed by atoms with Gasteiger partial charge in [-0.25, -0.2) is 0 Å². The molecule has 5 nitrogen and oxygen atoms in total. The van der Waals surface area contributed by atoms with Crippen molar-refractivity contribution < 1.29 is 4.79 Å². The van der Waals surface area contributed by atoms with Gasteiger partial charge in [0.2, 0.25) is 0 Å². The summed E-state index contributed by atoms with van der Waals surface area (Å²) < 4.78 is 1.74. The molecule has 0 unspecified atom stereocenters. The van der Waals surface area contributed by atoms with E-state index in [0.717, 1.165) is 38.3 Å². The van der Waals surface area contributed by atoms with Gasteiger partial charge in [-0.1, -0.05) is 29.3 Å². The van der Waals surface area contributed by atoms with Gasteiger partial charge in [-0.3, -0.25) is 14.4 Å². The van der Waals surface area contributed by atoms with Gasteiger partial charge in [0, 0.05) is 45.5 Å². The topological polar surface area (TPSA) is 41.4 Å². The normalized spacial score (nSPS) is 15.7. The average Bonchev–Trinajstić information content (AvgIpc) is 3.07. The molecule has 0 spiro atoms. The Kier molecular flexibility index (Phi) is 5.43. The summed E-state index contributed by atoms with van der Waals surface area (Å²) in [5, 5.41) is 5.32. The fraction of sp³-hybridized carbons (Fsp3) is 0.412. The highest BCUT2D eigenvalue weighted by atomic mass is 35.5. The summed E-state index contributed by atoms with van der Waals surface area (Å²) in [6, 6.07) is 7.51. The number of nitrogens with zero attached hydrogens (tertiary/aromatic N) is 4. The van der Waals surface area contributed by atoms with E-state index >= 15 is 0 Å². The molecule has 1 aromatic heterocycles. The fourth-order valence-electron chi connectivity index (χ4n) is 2.93. The van der Waals surface area contributed by atoms with Crippen LogP contribution < -0.4 is 0 Å². The fourth-order valence-corrected chi connectivity index (χ4v) is 3.25. The molecule has 1 fully saturated rings. The molecule has 2 aromatic rings. The van der Waals surface area contributed by atoms with Crippen molar-refractivity contribution in [1.29, 1.82) is 0 Å². The van der Waals surface area contributed by atoms with Crippen LogP contribution in [0.2, 0.25) is 10.0 Å². The third-order valence-electron chi connectivity index (χ3n) is 4.28. The Balaban J connectivity index is 1.57. The molecule has 0 atom stereocenters. The molecule has 24 heavy (non-hydrogen) atoms. The first-order valence-corrected chi connectivity index (χ1v) is 8.81. The SMILES string of the molecule is CCn1nccc1C(=O)N1CCN(Cc2ccc(Cl)c(Cl)c2)CC1. The number of carbonyl (C=O) groups excluding carboxylic acids is 1. The van der Waals surface area contributed by atoms with E-state index in [-0.39, 0.29) is 5.91 Å². The maximum absolute atomic E-state index is 12.6. The van der Waals surface area contributed by atoms with Crippen molar-refractivity contribution in [1.82, 2.24) is 19.6 Å². The summed E-state index contributed by atoms with van der Waals surface area (Å²) in [5.41, 5.74) is 1.80. The Morgan fingerprint density at radius 1 is 1.12 bits per heavy atom. The van der Waals surface area contributed by atoms with Crippen molar-refractivity contribution in [2.45, 2.75) is 20.0 Å². The van der Waals surface area contributed by atoms with E-state index < -0.39 is 0 Å². The zero-order chi connectivity index (χ0) is 17.1. The van der Waals surface area contributed by atoms with E-state index in [1.807, 2.05) is 30.0 Å². The lowest BCUT2D eigenvalue weighted by Gasteiger charge is -2.34. The van der Waals surface area contributed by atoms with Gasteiger partial charge in [-0.2, -0.15) is 5.10 Å². The molecule has 0 aliphatic carbocycles. The maximum Gasteiger partial charge on any atom is 0.272 e. The monoisotopic (exact) mass is 366 g/mol. The number of halogens is 2. The summed E-state index contributed by atoms with van der Waals surface area (Å²) >= 11 is 12.0. The zero-order valence-electron chi connectivity index (χ0n) is 13.6. The van der Waals surface area contributed by atoms with Crippen molar-refractivity contribution in [3.05, 3.63) is 51.8 Å². The van der Waals surface area contributed by atoms with Crippen molar-refractivity contribution in [2.75, 3.05) is 26.2 Å². The number of amides is 1. The van der Waals surface area contributed by atoms with E-state index in [1.165, 1.54) is 0 Å². The molecule has 1 aromatic carbocycles. The minimum Gasteiger partial charge on any atom is -0.335 e. The molecule has 7 heteroatoms. The molecular formula is C17H20Cl2N4O. The van der Waals surface area contributed by atoms with Gasteiger partial charge in [0.05, 0.1) is 10.0 Å². The van der Waals surface area contributed by atoms with Gasteiger partial charge in [0.1, 0.15) is 5.69 Å². The Bertz CT molecular complexity index is 723. The third-order valence-corrected chi connectivity index (χ3v) is 5.02. The lowest BCUT2D eigenvalue weighted by Crippen LogP contribution is -2.48. The van der Waals surface area contributed by atoms with Crippen LogP contribution >= 0.6 is 23.2 Å². The lowest BCUT2D eigenvalue weighted by molar-refractivity contribution is 0.0616. The number of rotatable bonds is 4. The second kappa shape index (κ2) is 7.55. The van der Waals surface area contributed by atoms with Crippen LogP contribution in [0, 0.1) is 0 Å². The van der Waals surface area contributed by atoms with Crippen molar-refractivity contribution in [3.63, 3.8) is 0 Å². The zero-order valence-corrected chi connectivity index (χ0v) is 15.1. The van der Waals surface area contributed by atoms with E-state index in [2.05, 4.69) is 10.00 Å². The molecule has 2 heterocycles. The van der Waals surface area contributed by atoms with Crippen molar-refractivity contribution >= 4 is 29.1 Å². The standard InChI is InChI=1S/C17H20Cl2N4O/c1-2-23-16(5-6-20-23)17(24)22-9-7-21(8-10-22)12-13-3-4-14(18)15(19)11-13/h3-6,11H,2,7-10,12H2,1H3. The third kappa shape index (κ3) is 3.74. The number of hydrogen-bond donors (Lipinski definition) is 0. The Morgan fingerprint density at radius 2 is 1.88 bits per heavy atom. The van der Waals surface area contributed by atoms with Crippen LogP contribution in [0.4, 0.5) is 0 Å². The molecule has 0 N–H and O–H groups in total. The molecule has 128 valence electrons. The van der Waals surface area contributed by atoms with Crippen LogP contribution in [-0.4, -0.2) is 51.7 Å². The first-order chi connectivity index (χ1) is 11.6. The molecule has 0 bridgehead atoms. The van der Waals surface area contributed by atoms with Gasteiger partial charge in [-0.05, 0) is 30.7 Å². The van der Waals surface area contributed by atoms with Gasteiger partial charge < -0.3 is 4.90 Å². The number of hydrogen-bond acceptors (Lipinski definition) is 3. The van der Waals surface area contributed by atoms with Crippen LogP contribution in [0.1, 0.15) is 23.0 Å². The minimum atomic E-state index is 0.0588. The van der Waals surface area contributed by atoms with Crippen LogP contribution in [0.15, 0.2) is 30.5 Å². The first kappa shape index (κ1) is 17.3. The van der Waals surface area contributed by atoms with E-state index in [1.54, 1.807) is 16.9 Å². The molecule has 1 aliphatic rings.